The van der Waals surface area contributed by atoms with Crippen LogP contribution >= 0.6 is 22.6 Å². The monoisotopic (exact) mass is 598 g/mol. The summed E-state index contributed by atoms with van der Waals surface area (Å²) in [5.41, 5.74) is 5.23. The van der Waals surface area contributed by atoms with E-state index in [0.29, 0.717) is 12.1 Å². The predicted molar refractivity (Wildman–Crippen MR) is 157 cm³/mol. The Labute approximate surface area is 223 Å². The van der Waals surface area contributed by atoms with Gasteiger partial charge in [0.15, 0.2) is 8.32 Å². The fourth-order valence-electron chi connectivity index (χ4n) is 4.20. The molecule has 1 unspecified atom stereocenters. The summed E-state index contributed by atoms with van der Waals surface area (Å²) in [6.45, 7) is 14.1. The highest BCUT2D eigenvalue weighted by atomic mass is 127. The van der Waals surface area contributed by atoms with Gasteiger partial charge in [-0.15, -0.1) is 0 Å². The average molecular weight is 599 g/mol. The van der Waals surface area contributed by atoms with Crippen LogP contribution in [0.15, 0.2) is 71.7 Å². The molecule has 184 valence electrons. The SMILES string of the molecule is Cc1ccc(-n2c(I)cc3c(C(CO[Si](C)(C)C(C)(C)C)c4ccccc4)cn(C)c(=O)c32)cc1. The molecule has 2 aromatic heterocycles. The maximum Gasteiger partial charge on any atom is 0.275 e. The Balaban J connectivity index is 1.93. The Morgan fingerprint density at radius 3 is 2.26 bits per heavy atom. The Morgan fingerprint density at radius 1 is 1.03 bits per heavy atom. The summed E-state index contributed by atoms with van der Waals surface area (Å²) in [7, 11) is -0.116. The van der Waals surface area contributed by atoms with E-state index in [1.165, 1.54) is 11.1 Å². The van der Waals surface area contributed by atoms with Crippen LogP contribution in [0.1, 0.15) is 43.4 Å². The van der Waals surface area contributed by atoms with Crippen molar-refractivity contribution in [1.82, 2.24) is 9.13 Å². The third-order valence-corrected chi connectivity index (χ3v) is 12.7. The summed E-state index contributed by atoms with van der Waals surface area (Å²) in [5, 5.41) is 1.11. The molecule has 0 saturated carbocycles. The number of benzene rings is 2. The average Bonchev–Trinajstić information content (AvgIpc) is 3.15. The van der Waals surface area contributed by atoms with Gasteiger partial charge in [0, 0.05) is 36.8 Å². The van der Waals surface area contributed by atoms with Gasteiger partial charge in [0.1, 0.15) is 5.52 Å². The molecule has 0 spiro atoms. The van der Waals surface area contributed by atoms with Gasteiger partial charge in [-0.3, -0.25) is 9.36 Å². The van der Waals surface area contributed by atoms with Gasteiger partial charge < -0.3 is 8.99 Å². The summed E-state index contributed by atoms with van der Waals surface area (Å²) in [6, 6.07) is 21.0. The first-order valence-electron chi connectivity index (χ1n) is 12.1. The van der Waals surface area contributed by atoms with Crippen LogP contribution in [-0.4, -0.2) is 24.1 Å². The highest BCUT2D eigenvalue weighted by Gasteiger charge is 2.38. The fourth-order valence-corrected chi connectivity index (χ4v) is 6.04. The molecule has 2 heterocycles. The van der Waals surface area contributed by atoms with Crippen molar-refractivity contribution in [1.29, 1.82) is 0 Å². The summed E-state index contributed by atoms with van der Waals surface area (Å²) in [6.07, 6.45) is 2.01. The zero-order valence-electron chi connectivity index (χ0n) is 21.7. The molecule has 0 bridgehead atoms. The van der Waals surface area contributed by atoms with Gasteiger partial charge in [-0.2, -0.15) is 0 Å². The van der Waals surface area contributed by atoms with Crippen molar-refractivity contribution < 1.29 is 4.43 Å². The van der Waals surface area contributed by atoms with Crippen molar-refractivity contribution in [2.45, 2.75) is 51.7 Å². The number of hydrogen-bond acceptors (Lipinski definition) is 2. The van der Waals surface area contributed by atoms with Crippen LogP contribution in [0.2, 0.25) is 18.1 Å². The van der Waals surface area contributed by atoms with Gasteiger partial charge in [0.25, 0.3) is 5.56 Å². The van der Waals surface area contributed by atoms with E-state index in [1.54, 1.807) is 4.57 Å². The van der Waals surface area contributed by atoms with Gasteiger partial charge in [-0.05, 0) is 77.0 Å². The zero-order chi connectivity index (χ0) is 25.5. The minimum absolute atomic E-state index is 0.00404. The number of aromatic nitrogens is 2. The molecule has 0 amide bonds. The maximum absolute atomic E-state index is 13.5. The minimum atomic E-state index is -1.96. The number of hydrogen-bond donors (Lipinski definition) is 0. The van der Waals surface area contributed by atoms with Crippen LogP contribution < -0.4 is 5.56 Å². The quantitative estimate of drug-likeness (QED) is 0.171. The van der Waals surface area contributed by atoms with E-state index in [-0.39, 0.29) is 16.5 Å². The molecule has 0 radical (unpaired) electrons. The molecule has 0 aliphatic carbocycles. The Kier molecular flexibility index (Phi) is 7.19. The minimum Gasteiger partial charge on any atom is -0.416 e. The predicted octanol–water partition coefficient (Wildman–Crippen LogP) is 7.40. The first-order chi connectivity index (χ1) is 16.4. The van der Waals surface area contributed by atoms with Crippen molar-refractivity contribution in [2.75, 3.05) is 6.61 Å². The lowest BCUT2D eigenvalue weighted by atomic mass is 9.91. The van der Waals surface area contributed by atoms with E-state index in [9.17, 15) is 4.79 Å². The number of pyridine rings is 1. The summed E-state index contributed by atoms with van der Waals surface area (Å²) < 4.78 is 11.6. The van der Waals surface area contributed by atoms with Gasteiger partial charge in [0.05, 0.1) is 3.70 Å². The normalized spacial score (nSPS) is 13.4. The molecule has 0 aliphatic rings. The van der Waals surface area contributed by atoms with Crippen molar-refractivity contribution in [3.8, 4) is 5.69 Å². The molecule has 0 N–H and O–H groups in total. The third-order valence-electron chi connectivity index (χ3n) is 7.41. The molecular weight excluding hydrogens is 563 g/mol. The van der Waals surface area contributed by atoms with Crippen LogP contribution in [0.5, 0.6) is 0 Å². The Morgan fingerprint density at radius 2 is 1.66 bits per heavy atom. The van der Waals surface area contributed by atoms with Crippen molar-refractivity contribution in [3.05, 3.63) is 97.6 Å². The van der Waals surface area contributed by atoms with Gasteiger partial charge in [0.2, 0.25) is 0 Å². The highest BCUT2D eigenvalue weighted by molar-refractivity contribution is 14.1. The highest BCUT2D eigenvalue weighted by Crippen LogP contribution is 2.39. The Bertz CT molecular complexity index is 1400. The van der Waals surface area contributed by atoms with Gasteiger partial charge in [-0.1, -0.05) is 68.8 Å². The maximum atomic E-state index is 13.5. The lowest BCUT2D eigenvalue weighted by molar-refractivity contribution is 0.276. The standard InChI is InChI=1S/C29H35IN2O2Si/c1-20-13-15-22(16-14-20)32-26(30)17-23-24(18-31(5)28(33)27(23)32)25(21-11-9-8-10-12-21)19-34-35(6,7)29(2,3)4/h8-18,25H,19H2,1-7H3. The smallest absolute Gasteiger partial charge is 0.275 e. The van der Waals surface area contributed by atoms with E-state index in [1.807, 2.05) is 19.3 Å². The molecule has 4 aromatic rings. The number of rotatable bonds is 6. The van der Waals surface area contributed by atoms with Crippen LogP contribution in [0, 0.1) is 10.6 Å². The lowest BCUT2D eigenvalue weighted by Gasteiger charge is -2.37. The first kappa shape index (κ1) is 25.9. The number of nitrogens with zero attached hydrogens (tertiary/aromatic N) is 2. The second kappa shape index (κ2) is 9.71. The van der Waals surface area contributed by atoms with E-state index in [4.69, 9.17) is 4.43 Å². The molecule has 4 rings (SSSR count). The Hall–Kier alpha value is -2.16. The van der Waals surface area contributed by atoms with Crippen LogP contribution in [-0.2, 0) is 11.5 Å². The van der Waals surface area contributed by atoms with Gasteiger partial charge >= 0.3 is 0 Å². The van der Waals surface area contributed by atoms with Crippen LogP contribution in [0.3, 0.4) is 0 Å². The topological polar surface area (TPSA) is 36.2 Å². The first-order valence-corrected chi connectivity index (χ1v) is 16.1. The summed E-state index contributed by atoms with van der Waals surface area (Å²) in [5.74, 6) is 0.0179. The molecule has 35 heavy (non-hydrogen) atoms. The number of aryl methyl sites for hydroxylation is 2. The summed E-state index contributed by atoms with van der Waals surface area (Å²) >= 11 is 2.34. The van der Waals surface area contributed by atoms with Crippen LogP contribution in [0.4, 0.5) is 0 Å². The van der Waals surface area contributed by atoms with Crippen LogP contribution in [0.25, 0.3) is 16.6 Å². The van der Waals surface area contributed by atoms with Crippen molar-refractivity contribution in [3.63, 3.8) is 0 Å². The van der Waals surface area contributed by atoms with Crippen molar-refractivity contribution >= 4 is 41.8 Å². The molecule has 1 atom stereocenters. The van der Waals surface area contributed by atoms with E-state index in [0.717, 1.165) is 20.3 Å². The molecule has 4 nitrogen and oxygen atoms in total. The molecule has 0 fully saturated rings. The molecule has 2 aromatic carbocycles. The van der Waals surface area contributed by atoms with E-state index in [2.05, 4.69) is 123 Å². The number of fused-ring (bicyclic) bond motifs is 1. The van der Waals surface area contributed by atoms with Gasteiger partial charge in [-0.25, -0.2) is 0 Å². The number of halogens is 1. The summed E-state index contributed by atoms with van der Waals surface area (Å²) in [4.78, 5) is 13.5. The lowest BCUT2D eigenvalue weighted by Crippen LogP contribution is -2.41. The largest absolute Gasteiger partial charge is 0.416 e. The third kappa shape index (κ3) is 5.06. The van der Waals surface area contributed by atoms with E-state index < -0.39 is 8.32 Å². The second-order valence-electron chi connectivity index (χ2n) is 10.9. The fraction of sp³-hybridized carbons (Fsp3) is 0.345. The van der Waals surface area contributed by atoms with E-state index >= 15 is 0 Å². The van der Waals surface area contributed by atoms with Crippen molar-refractivity contribution in [2.24, 2.45) is 7.05 Å². The zero-order valence-corrected chi connectivity index (χ0v) is 24.9. The molecule has 0 aliphatic heterocycles. The molecule has 0 saturated heterocycles. The second-order valence-corrected chi connectivity index (χ2v) is 16.8. The molecular formula is C29H35IN2O2Si. The molecule has 6 heteroatoms.